The molecule has 30 heavy (non-hydrogen) atoms. The monoisotopic (exact) mass is 411 g/mol. The van der Waals surface area contributed by atoms with Crippen molar-refractivity contribution in [2.24, 2.45) is 7.05 Å². The van der Waals surface area contributed by atoms with Gasteiger partial charge in [0.1, 0.15) is 5.75 Å². The van der Waals surface area contributed by atoms with E-state index in [1.54, 1.807) is 0 Å². The first-order chi connectivity index (χ1) is 14.3. The number of carboxylic acid groups (broad SMARTS) is 2. The number of hydrogen-bond acceptors (Lipinski definition) is 5. The van der Waals surface area contributed by atoms with Crippen molar-refractivity contribution in [3.05, 3.63) is 65.9 Å². The molecule has 0 fully saturated rings. The molecule has 1 heterocycles. The number of aliphatic carboxylic acids is 2. The number of nitrogens with one attached hydrogen (secondary N) is 1. The van der Waals surface area contributed by atoms with Gasteiger partial charge in [0.15, 0.2) is 0 Å². The molecule has 1 aromatic heterocycles. The summed E-state index contributed by atoms with van der Waals surface area (Å²) in [6.45, 7) is 5.43. The normalized spacial score (nSPS) is 9.97. The van der Waals surface area contributed by atoms with Crippen LogP contribution in [0.1, 0.15) is 18.1 Å². The largest absolute Gasteiger partial charge is 0.494 e. The Morgan fingerprint density at radius 2 is 1.70 bits per heavy atom. The van der Waals surface area contributed by atoms with E-state index in [1.165, 1.54) is 11.1 Å². The summed E-state index contributed by atoms with van der Waals surface area (Å²) >= 11 is 0. The second kappa shape index (κ2) is 10.7. The first kappa shape index (κ1) is 22.5. The van der Waals surface area contributed by atoms with Crippen molar-refractivity contribution in [3.8, 4) is 17.0 Å². The van der Waals surface area contributed by atoms with E-state index < -0.39 is 11.9 Å². The van der Waals surface area contributed by atoms with Crippen LogP contribution >= 0.6 is 0 Å². The molecule has 2 aromatic carbocycles. The number of benzene rings is 2. The van der Waals surface area contributed by atoms with E-state index in [-0.39, 0.29) is 0 Å². The van der Waals surface area contributed by atoms with Crippen LogP contribution in [0.2, 0.25) is 0 Å². The zero-order valence-electron chi connectivity index (χ0n) is 17.1. The number of nitrogens with zero attached hydrogens (tertiary/aromatic N) is 2. The van der Waals surface area contributed by atoms with E-state index in [0.717, 1.165) is 23.0 Å². The molecule has 3 aromatic rings. The summed E-state index contributed by atoms with van der Waals surface area (Å²) in [6.07, 6.45) is 1.90. The standard InChI is InChI=1S/C20H23N3O.C2H2O4/c1-4-24-19-8-6-5-7-17(19)13-21-20-22-14-18(23(20)3)16-11-9-15(2)10-12-16;3-1(4)2(5)6/h5-12,14H,4,13H2,1-3H3,(H,21,22);(H,3,4)(H,5,6). The summed E-state index contributed by atoms with van der Waals surface area (Å²) in [5, 5.41) is 18.2. The molecule has 0 amide bonds. The molecule has 3 rings (SSSR count). The van der Waals surface area contributed by atoms with Gasteiger partial charge in [0.05, 0.1) is 18.5 Å². The fourth-order valence-electron chi connectivity index (χ4n) is 2.69. The highest BCUT2D eigenvalue weighted by atomic mass is 16.5. The van der Waals surface area contributed by atoms with Crippen LogP contribution in [0.25, 0.3) is 11.3 Å². The van der Waals surface area contributed by atoms with Gasteiger partial charge in [-0.3, -0.25) is 0 Å². The molecule has 0 unspecified atom stereocenters. The lowest BCUT2D eigenvalue weighted by atomic mass is 10.1. The molecule has 0 aliphatic carbocycles. The molecule has 0 atom stereocenters. The van der Waals surface area contributed by atoms with Gasteiger partial charge >= 0.3 is 11.9 Å². The molecule has 0 aliphatic rings. The first-order valence-electron chi connectivity index (χ1n) is 9.33. The molecule has 0 aliphatic heterocycles. The molecule has 0 bridgehead atoms. The summed E-state index contributed by atoms with van der Waals surface area (Å²) in [4.78, 5) is 22.7. The Hall–Kier alpha value is -3.81. The Labute approximate surface area is 174 Å². The summed E-state index contributed by atoms with van der Waals surface area (Å²) in [7, 11) is 2.03. The average molecular weight is 411 g/mol. The number of imidazole rings is 1. The fourth-order valence-corrected chi connectivity index (χ4v) is 2.69. The number of ether oxygens (including phenoxy) is 1. The number of aryl methyl sites for hydroxylation is 1. The van der Waals surface area contributed by atoms with Crippen molar-refractivity contribution < 1.29 is 24.5 Å². The van der Waals surface area contributed by atoms with Crippen molar-refractivity contribution >= 4 is 17.9 Å². The second-order valence-electron chi connectivity index (χ2n) is 6.40. The minimum atomic E-state index is -1.82. The first-order valence-corrected chi connectivity index (χ1v) is 9.33. The highest BCUT2D eigenvalue weighted by molar-refractivity contribution is 6.27. The van der Waals surface area contributed by atoms with Crippen LogP contribution in [-0.4, -0.2) is 38.3 Å². The third-order valence-corrected chi connectivity index (χ3v) is 4.23. The van der Waals surface area contributed by atoms with E-state index in [2.05, 4.69) is 52.1 Å². The maximum absolute atomic E-state index is 9.10. The van der Waals surface area contributed by atoms with Gasteiger partial charge in [0, 0.05) is 19.2 Å². The van der Waals surface area contributed by atoms with Crippen molar-refractivity contribution in [2.45, 2.75) is 20.4 Å². The number of carboxylic acids is 2. The Bertz CT molecular complexity index is 984. The smallest absolute Gasteiger partial charge is 0.414 e. The van der Waals surface area contributed by atoms with Crippen molar-refractivity contribution in [1.82, 2.24) is 9.55 Å². The number of rotatable bonds is 6. The number of anilines is 1. The third kappa shape index (κ3) is 6.10. The van der Waals surface area contributed by atoms with Crippen LogP contribution in [0.5, 0.6) is 5.75 Å². The zero-order valence-corrected chi connectivity index (χ0v) is 17.1. The van der Waals surface area contributed by atoms with Crippen molar-refractivity contribution in [2.75, 3.05) is 11.9 Å². The fraction of sp³-hybridized carbons (Fsp3) is 0.227. The van der Waals surface area contributed by atoms with Crippen molar-refractivity contribution in [1.29, 1.82) is 0 Å². The van der Waals surface area contributed by atoms with Crippen LogP contribution in [0.4, 0.5) is 5.95 Å². The van der Waals surface area contributed by atoms with Gasteiger partial charge in [-0.2, -0.15) is 0 Å². The third-order valence-electron chi connectivity index (χ3n) is 4.23. The lowest BCUT2D eigenvalue weighted by molar-refractivity contribution is -0.159. The maximum atomic E-state index is 9.10. The molecule has 0 radical (unpaired) electrons. The van der Waals surface area contributed by atoms with Crippen LogP contribution in [-0.2, 0) is 23.2 Å². The highest BCUT2D eigenvalue weighted by Crippen LogP contribution is 2.24. The summed E-state index contributed by atoms with van der Waals surface area (Å²) < 4.78 is 7.75. The molecule has 3 N–H and O–H groups in total. The number of aromatic nitrogens is 2. The summed E-state index contributed by atoms with van der Waals surface area (Å²) in [5.41, 5.74) is 4.64. The Kier molecular flexibility index (Phi) is 7.99. The SMILES string of the molecule is CCOc1ccccc1CNc1ncc(-c2ccc(C)cc2)n1C.O=C(O)C(=O)O. The van der Waals surface area contributed by atoms with E-state index in [1.807, 2.05) is 38.4 Å². The van der Waals surface area contributed by atoms with Crippen LogP contribution in [0.15, 0.2) is 54.7 Å². The number of carbonyl (C=O) groups is 2. The minimum absolute atomic E-state index is 0.664. The Morgan fingerprint density at radius 1 is 1.07 bits per heavy atom. The lowest BCUT2D eigenvalue weighted by Crippen LogP contribution is -2.09. The predicted molar refractivity (Wildman–Crippen MR) is 114 cm³/mol. The Morgan fingerprint density at radius 3 is 2.30 bits per heavy atom. The second-order valence-corrected chi connectivity index (χ2v) is 6.40. The zero-order chi connectivity index (χ0) is 22.1. The minimum Gasteiger partial charge on any atom is -0.494 e. The van der Waals surface area contributed by atoms with Gasteiger partial charge in [0.25, 0.3) is 0 Å². The van der Waals surface area contributed by atoms with Gasteiger partial charge in [-0.05, 0) is 25.5 Å². The van der Waals surface area contributed by atoms with Gasteiger partial charge in [-0.25, -0.2) is 14.6 Å². The summed E-state index contributed by atoms with van der Waals surface area (Å²) in [6, 6.07) is 16.6. The number of hydrogen-bond donors (Lipinski definition) is 3. The molecule has 0 saturated heterocycles. The maximum Gasteiger partial charge on any atom is 0.414 e. The Balaban J connectivity index is 0.000000469. The predicted octanol–water partition coefficient (Wildman–Crippen LogP) is 3.56. The summed E-state index contributed by atoms with van der Waals surface area (Å²) in [5.74, 6) is -1.89. The number of para-hydroxylation sites is 1. The average Bonchev–Trinajstić information content (AvgIpc) is 3.09. The highest BCUT2D eigenvalue weighted by Gasteiger charge is 2.09. The molecular weight excluding hydrogens is 386 g/mol. The topological polar surface area (TPSA) is 114 Å². The molecule has 8 heteroatoms. The van der Waals surface area contributed by atoms with E-state index >= 15 is 0 Å². The van der Waals surface area contributed by atoms with E-state index in [4.69, 9.17) is 24.5 Å². The van der Waals surface area contributed by atoms with Gasteiger partial charge < -0.3 is 24.8 Å². The molecule has 0 saturated carbocycles. The van der Waals surface area contributed by atoms with E-state index in [9.17, 15) is 0 Å². The lowest BCUT2D eigenvalue weighted by Gasteiger charge is -2.12. The molecule has 0 spiro atoms. The van der Waals surface area contributed by atoms with Gasteiger partial charge in [-0.15, -0.1) is 0 Å². The quantitative estimate of drug-likeness (QED) is 0.531. The molecule has 8 nitrogen and oxygen atoms in total. The van der Waals surface area contributed by atoms with Crippen LogP contribution in [0.3, 0.4) is 0 Å². The van der Waals surface area contributed by atoms with Gasteiger partial charge in [0.2, 0.25) is 5.95 Å². The molecular formula is C22H25N3O5. The van der Waals surface area contributed by atoms with Gasteiger partial charge in [-0.1, -0.05) is 48.0 Å². The van der Waals surface area contributed by atoms with Crippen LogP contribution in [0, 0.1) is 6.92 Å². The van der Waals surface area contributed by atoms with Crippen molar-refractivity contribution in [3.63, 3.8) is 0 Å². The van der Waals surface area contributed by atoms with E-state index in [0.29, 0.717) is 13.2 Å². The van der Waals surface area contributed by atoms with Crippen LogP contribution < -0.4 is 10.1 Å². The molecule has 158 valence electrons.